The Labute approximate surface area is 134 Å². The standard InChI is InChI=1S/C17H18N4O2/c1-11-5-4-6-14-15(11)20-16(23-14)18-12-7-9-13(10-8-12)19-17(22)21(2)3/h4-10H,1-3H3,(H,18,20)(H,19,22). The molecule has 0 radical (unpaired) electrons. The molecular weight excluding hydrogens is 292 g/mol. The van der Waals surface area contributed by atoms with Gasteiger partial charge >= 0.3 is 6.03 Å². The number of carbonyl (C=O) groups excluding carboxylic acids is 1. The van der Waals surface area contributed by atoms with Gasteiger partial charge in [-0.15, -0.1) is 0 Å². The number of carbonyl (C=O) groups is 1. The maximum Gasteiger partial charge on any atom is 0.321 e. The van der Waals surface area contributed by atoms with E-state index in [0.29, 0.717) is 6.01 Å². The van der Waals surface area contributed by atoms with Crippen molar-refractivity contribution >= 4 is 34.5 Å². The van der Waals surface area contributed by atoms with E-state index in [0.717, 1.165) is 28.0 Å². The lowest BCUT2D eigenvalue weighted by molar-refractivity contribution is 0.230. The predicted octanol–water partition coefficient (Wildman–Crippen LogP) is 3.97. The van der Waals surface area contributed by atoms with Gasteiger partial charge in [0.1, 0.15) is 5.52 Å². The van der Waals surface area contributed by atoms with Crippen molar-refractivity contribution in [1.29, 1.82) is 0 Å². The van der Waals surface area contributed by atoms with Crippen molar-refractivity contribution in [3.63, 3.8) is 0 Å². The Morgan fingerprint density at radius 1 is 1.09 bits per heavy atom. The van der Waals surface area contributed by atoms with E-state index >= 15 is 0 Å². The number of rotatable bonds is 3. The highest BCUT2D eigenvalue weighted by atomic mass is 16.4. The van der Waals surface area contributed by atoms with E-state index in [-0.39, 0.29) is 6.03 Å². The predicted molar refractivity (Wildman–Crippen MR) is 91.2 cm³/mol. The van der Waals surface area contributed by atoms with E-state index < -0.39 is 0 Å². The van der Waals surface area contributed by atoms with Crippen LogP contribution in [0.3, 0.4) is 0 Å². The quantitative estimate of drug-likeness (QED) is 0.768. The van der Waals surface area contributed by atoms with Gasteiger partial charge in [-0.05, 0) is 42.8 Å². The molecule has 0 unspecified atom stereocenters. The molecule has 6 nitrogen and oxygen atoms in total. The lowest BCUT2D eigenvalue weighted by Gasteiger charge is -2.12. The summed E-state index contributed by atoms with van der Waals surface area (Å²) in [6.45, 7) is 2.00. The number of aryl methyl sites for hydroxylation is 1. The molecule has 0 aliphatic rings. The lowest BCUT2D eigenvalue weighted by Crippen LogP contribution is -2.27. The molecule has 1 heterocycles. The SMILES string of the molecule is Cc1cccc2oc(Nc3ccc(NC(=O)N(C)C)cc3)nc12. The highest BCUT2D eigenvalue weighted by molar-refractivity contribution is 5.89. The van der Waals surface area contributed by atoms with Crippen LogP contribution in [0.4, 0.5) is 22.2 Å². The number of nitrogens with zero attached hydrogens (tertiary/aromatic N) is 2. The monoisotopic (exact) mass is 310 g/mol. The third kappa shape index (κ3) is 3.26. The van der Waals surface area contributed by atoms with Crippen molar-refractivity contribution < 1.29 is 9.21 Å². The summed E-state index contributed by atoms with van der Waals surface area (Å²) in [5, 5.41) is 5.90. The molecule has 0 spiro atoms. The summed E-state index contributed by atoms with van der Waals surface area (Å²) >= 11 is 0. The lowest BCUT2D eigenvalue weighted by atomic mass is 10.2. The number of benzene rings is 2. The number of anilines is 3. The zero-order valence-corrected chi connectivity index (χ0v) is 13.3. The third-order valence-corrected chi connectivity index (χ3v) is 3.41. The van der Waals surface area contributed by atoms with Crippen LogP contribution in [0.1, 0.15) is 5.56 Å². The number of amides is 2. The minimum Gasteiger partial charge on any atom is -0.423 e. The first-order valence-electron chi connectivity index (χ1n) is 7.24. The largest absolute Gasteiger partial charge is 0.423 e. The molecule has 3 aromatic rings. The van der Waals surface area contributed by atoms with Gasteiger partial charge < -0.3 is 20.0 Å². The molecule has 0 atom stereocenters. The minimum atomic E-state index is -0.167. The summed E-state index contributed by atoms with van der Waals surface area (Å²) in [6, 6.07) is 13.4. The number of hydrogen-bond acceptors (Lipinski definition) is 4. The summed E-state index contributed by atoms with van der Waals surface area (Å²) in [4.78, 5) is 17.5. The number of nitrogens with one attached hydrogen (secondary N) is 2. The van der Waals surface area contributed by atoms with Crippen LogP contribution < -0.4 is 10.6 Å². The smallest absolute Gasteiger partial charge is 0.321 e. The fourth-order valence-electron chi connectivity index (χ4n) is 2.14. The Kier molecular flexibility index (Phi) is 3.89. The number of urea groups is 1. The van der Waals surface area contributed by atoms with Crippen molar-refractivity contribution in [1.82, 2.24) is 9.88 Å². The van der Waals surface area contributed by atoms with E-state index in [4.69, 9.17) is 4.42 Å². The molecule has 2 N–H and O–H groups in total. The minimum absolute atomic E-state index is 0.167. The van der Waals surface area contributed by atoms with Crippen LogP contribution in [0.15, 0.2) is 46.9 Å². The van der Waals surface area contributed by atoms with Gasteiger partial charge in [0.05, 0.1) is 0 Å². The second-order valence-corrected chi connectivity index (χ2v) is 5.47. The Morgan fingerprint density at radius 2 is 1.78 bits per heavy atom. The molecule has 0 aliphatic carbocycles. The van der Waals surface area contributed by atoms with Crippen LogP contribution in [0.25, 0.3) is 11.1 Å². The molecule has 6 heteroatoms. The van der Waals surface area contributed by atoms with Gasteiger partial charge in [0, 0.05) is 25.5 Å². The van der Waals surface area contributed by atoms with Crippen LogP contribution in [-0.4, -0.2) is 30.0 Å². The second-order valence-electron chi connectivity index (χ2n) is 5.47. The second kappa shape index (κ2) is 6.00. The number of aromatic nitrogens is 1. The van der Waals surface area contributed by atoms with Crippen molar-refractivity contribution in [2.24, 2.45) is 0 Å². The van der Waals surface area contributed by atoms with E-state index in [1.165, 1.54) is 4.90 Å². The molecular formula is C17H18N4O2. The molecule has 0 saturated heterocycles. The molecule has 118 valence electrons. The molecule has 2 aromatic carbocycles. The number of fused-ring (bicyclic) bond motifs is 1. The summed E-state index contributed by atoms with van der Waals surface area (Å²) in [5.41, 5.74) is 4.23. The Morgan fingerprint density at radius 3 is 2.43 bits per heavy atom. The summed E-state index contributed by atoms with van der Waals surface area (Å²) in [7, 11) is 3.39. The van der Waals surface area contributed by atoms with Crippen LogP contribution in [0.2, 0.25) is 0 Å². The summed E-state index contributed by atoms with van der Waals surface area (Å²) < 4.78 is 5.68. The van der Waals surface area contributed by atoms with Gasteiger partial charge in [-0.1, -0.05) is 12.1 Å². The summed E-state index contributed by atoms with van der Waals surface area (Å²) in [5.74, 6) is 0. The van der Waals surface area contributed by atoms with Gasteiger partial charge in [0.15, 0.2) is 5.58 Å². The zero-order chi connectivity index (χ0) is 16.4. The molecule has 0 bridgehead atoms. The fraction of sp³-hybridized carbons (Fsp3) is 0.176. The maximum atomic E-state index is 11.6. The van der Waals surface area contributed by atoms with E-state index in [9.17, 15) is 4.79 Å². The zero-order valence-electron chi connectivity index (χ0n) is 13.3. The van der Waals surface area contributed by atoms with E-state index in [2.05, 4.69) is 15.6 Å². The van der Waals surface area contributed by atoms with Gasteiger partial charge in [-0.3, -0.25) is 0 Å². The molecule has 0 aliphatic heterocycles. The van der Waals surface area contributed by atoms with Crippen molar-refractivity contribution in [2.45, 2.75) is 6.92 Å². The molecule has 0 saturated carbocycles. The topological polar surface area (TPSA) is 70.4 Å². The summed E-state index contributed by atoms with van der Waals surface area (Å²) in [6.07, 6.45) is 0. The first-order chi connectivity index (χ1) is 11.0. The normalized spacial score (nSPS) is 10.6. The van der Waals surface area contributed by atoms with Gasteiger partial charge in [-0.2, -0.15) is 4.98 Å². The average Bonchev–Trinajstić information content (AvgIpc) is 2.93. The van der Waals surface area contributed by atoms with Gasteiger partial charge in [0.2, 0.25) is 0 Å². The number of para-hydroxylation sites is 1. The first-order valence-corrected chi connectivity index (χ1v) is 7.24. The molecule has 0 fully saturated rings. The van der Waals surface area contributed by atoms with Crippen LogP contribution in [0, 0.1) is 6.92 Å². The number of oxazole rings is 1. The van der Waals surface area contributed by atoms with E-state index in [1.807, 2.05) is 49.4 Å². The van der Waals surface area contributed by atoms with Crippen LogP contribution in [0.5, 0.6) is 0 Å². The molecule has 3 rings (SSSR count). The highest BCUT2D eigenvalue weighted by Crippen LogP contribution is 2.24. The third-order valence-electron chi connectivity index (χ3n) is 3.41. The Bertz CT molecular complexity index is 837. The highest BCUT2D eigenvalue weighted by Gasteiger charge is 2.08. The first kappa shape index (κ1) is 14.9. The molecule has 1 aromatic heterocycles. The van der Waals surface area contributed by atoms with Gasteiger partial charge in [0.25, 0.3) is 6.01 Å². The average molecular weight is 310 g/mol. The molecule has 23 heavy (non-hydrogen) atoms. The maximum absolute atomic E-state index is 11.6. The van der Waals surface area contributed by atoms with Crippen LogP contribution in [-0.2, 0) is 0 Å². The van der Waals surface area contributed by atoms with Crippen molar-refractivity contribution in [2.75, 3.05) is 24.7 Å². The van der Waals surface area contributed by atoms with Crippen LogP contribution >= 0.6 is 0 Å². The fourth-order valence-corrected chi connectivity index (χ4v) is 2.14. The van der Waals surface area contributed by atoms with Crippen molar-refractivity contribution in [3.8, 4) is 0 Å². The van der Waals surface area contributed by atoms with Gasteiger partial charge in [-0.25, -0.2) is 4.79 Å². The molecule has 2 amide bonds. The van der Waals surface area contributed by atoms with E-state index in [1.54, 1.807) is 14.1 Å². The Balaban J connectivity index is 1.74. The van der Waals surface area contributed by atoms with Crippen molar-refractivity contribution in [3.05, 3.63) is 48.0 Å². The number of hydrogen-bond donors (Lipinski definition) is 2. The Hall–Kier alpha value is -3.02.